The molecule has 6 nitrogen and oxygen atoms in total. The molecule has 6 heteroatoms. The van der Waals surface area contributed by atoms with Crippen molar-refractivity contribution in [2.24, 2.45) is 0 Å². The standard InChI is InChI=1S/C14H19N3O3/c1-3-4-5-6-10(2)15-14-16-12-9-11(17(18)19)7-8-13(12)20-14/h7-10H,3-6H2,1-2H3,(H,15,16). The zero-order valence-electron chi connectivity index (χ0n) is 11.8. The Bertz CT molecular complexity index is 594. The highest BCUT2D eigenvalue weighted by molar-refractivity contribution is 5.77. The lowest BCUT2D eigenvalue weighted by molar-refractivity contribution is -0.384. The first-order valence-corrected chi connectivity index (χ1v) is 6.91. The zero-order chi connectivity index (χ0) is 14.5. The predicted octanol–water partition coefficient (Wildman–Crippen LogP) is 4.12. The molecule has 0 aliphatic carbocycles. The molecule has 108 valence electrons. The highest BCUT2D eigenvalue weighted by atomic mass is 16.6. The van der Waals surface area contributed by atoms with Crippen LogP contribution in [0.15, 0.2) is 22.6 Å². The molecule has 1 aromatic carbocycles. The number of nitro benzene ring substituents is 1. The van der Waals surface area contributed by atoms with Crippen molar-refractivity contribution in [2.75, 3.05) is 5.32 Å². The number of hydrogen-bond acceptors (Lipinski definition) is 5. The molecule has 1 heterocycles. The molecule has 1 N–H and O–H groups in total. The van der Waals surface area contributed by atoms with Crippen LogP contribution in [0.3, 0.4) is 0 Å². The van der Waals surface area contributed by atoms with E-state index < -0.39 is 4.92 Å². The molecule has 1 aromatic heterocycles. The highest BCUT2D eigenvalue weighted by Crippen LogP contribution is 2.24. The molecule has 0 radical (unpaired) electrons. The number of fused-ring (bicyclic) bond motifs is 1. The number of benzene rings is 1. The number of non-ortho nitro benzene ring substituents is 1. The fourth-order valence-corrected chi connectivity index (χ4v) is 2.07. The van der Waals surface area contributed by atoms with Crippen LogP contribution in [0, 0.1) is 10.1 Å². The van der Waals surface area contributed by atoms with Crippen molar-refractivity contribution >= 4 is 22.8 Å². The number of hydrogen-bond donors (Lipinski definition) is 1. The van der Waals surface area contributed by atoms with Crippen LogP contribution in [0.25, 0.3) is 11.1 Å². The molecule has 0 aliphatic heterocycles. The van der Waals surface area contributed by atoms with Gasteiger partial charge in [0.25, 0.3) is 11.7 Å². The molecule has 20 heavy (non-hydrogen) atoms. The Labute approximate surface area is 117 Å². The first kappa shape index (κ1) is 14.3. The summed E-state index contributed by atoms with van der Waals surface area (Å²) in [6.07, 6.45) is 4.62. The topological polar surface area (TPSA) is 81.2 Å². The lowest BCUT2D eigenvalue weighted by Crippen LogP contribution is -2.14. The van der Waals surface area contributed by atoms with Crippen molar-refractivity contribution < 1.29 is 9.34 Å². The van der Waals surface area contributed by atoms with Crippen molar-refractivity contribution in [1.82, 2.24) is 4.98 Å². The van der Waals surface area contributed by atoms with E-state index in [1.807, 2.05) is 0 Å². The second-order valence-corrected chi connectivity index (χ2v) is 4.97. The summed E-state index contributed by atoms with van der Waals surface area (Å²) in [4.78, 5) is 14.5. The van der Waals surface area contributed by atoms with E-state index >= 15 is 0 Å². The number of nitrogens with one attached hydrogen (secondary N) is 1. The Morgan fingerprint density at radius 2 is 2.25 bits per heavy atom. The van der Waals surface area contributed by atoms with Crippen LogP contribution in [0.2, 0.25) is 0 Å². The zero-order valence-corrected chi connectivity index (χ0v) is 11.8. The molecule has 1 unspecified atom stereocenters. The Morgan fingerprint density at radius 1 is 1.45 bits per heavy atom. The van der Waals surface area contributed by atoms with Gasteiger partial charge in [-0.1, -0.05) is 26.2 Å². The highest BCUT2D eigenvalue weighted by Gasteiger charge is 2.12. The van der Waals surface area contributed by atoms with E-state index in [0.29, 0.717) is 17.1 Å². The smallest absolute Gasteiger partial charge is 0.295 e. The average Bonchev–Trinajstić information content (AvgIpc) is 2.79. The molecule has 0 amide bonds. The third-order valence-electron chi connectivity index (χ3n) is 3.19. The van der Waals surface area contributed by atoms with Gasteiger partial charge >= 0.3 is 0 Å². The molecule has 2 aromatic rings. The van der Waals surface area contributed by atoms with E-state index in [1.165, 1.54) is 25.0 Å². The minimum atomic E-state index is -0.436. The molecule has 0 aliphatic rings. The molecule has 1 atom stereocenters. The third kappa shape index (κ3) is 3.46. The fraction of sp³-hybridized carbons (Fsp3) is 0.500. The van der Waals surface area contributed by atoms with Gasteiger partial charge in [0.05, 0.1) is 4.92 Å². The summed E-state index contributed by atoms with van der Waals surface area (Å²) in [5.74, 6) is 0. The van der Waals surface area contributed by atoms with Crippen LogP contribution < -0.4 is 5.32 Å². The number of oxazole rings is 1. The van der Waals surface area contributed by atoms with E-state index in [2.05, 4.69) is 24.1 Å². The Morgan fingerprint density at radius 3 is 2.95 bits per heavy atom. The first-order chi connectivity index (χ1) is 9.60. The molecule has 2 rings (SSSR count). The van der Waals surface area contributed by atoms with E-state index in [4.69, 9.17) is 4.42 Å². The fourth-order valence-electron chi connectivity index (χ4n) is 2.07. The predicted molar refractivity (Wildman–Crippen MR) is 77.9 cm³/mol. The van der Waals surface area contributed by atoms with Crippen molar-refractivity contribution in [3.05, 3.63) is 28.3 Å². The van der Waals surface area contributed by atoms with Crippen LogP contribution in [0.4, 0.5) is 11.7 Å². The van der Waals surface area contributed by atoms with Crippen LogP contribution in [-0.4, -0.2) is 15.9 Å². The summed E-state index contributed by atoms with van der Waals surface area (Å²) in [6, 6.07) is 5.11. The molecular weight excluding hydrogens is 258 g/mol. The maximum atomic E-state index is 10.7. The van der Waals surface area contributed by atoms with Gasteiger partial charge in [-0.05, 0) is 19.4 Å². The van der Waals surface area contributed by atoms with Crippen molar-refractivity contribution in [3.63, 3.8) is 0 Å². The Kier molecular flexibility index (Phi) is 4.55. The van der Waals surface area contributed by atoms with Gasteiger partial charge in [0, 0.05) is 18.2 Å². The van der Waals surface area contributed by atoms with E-state index in [-0.39, 0.29) is 11.7 Å². The second-order valence-electron chi connectivity index (χ2n) is 4.97. The number of anilines is 1. The van der Waals surface area contributed by atoms with Crippen LogP contribution in [0.5, 0.6) is 0 Å². The lowest BCUT2D eigenvalue weighted by Gasteiger charge is -2.10. The van der Waals surface area contributed by atoms with Gasteiger partial charge in [0.1, 0.15) is 5.52 Å². The van der Waals surface area contributed by atoms with Gasteiger partial charge in [-0.2, -0.15) is 4.98 Å². The number of nitrogens with zero attached hydrogens (tertiary/aromatic N) is 2. The van der Waals surface area contributed by atoms with Gasteiger partial charge in [0.2, 0.25) is 0 Å². The summed E-state index contributed by atoms with van der Waals surface area (Å²) in [6.45, 7) is 4.25. The first-order valence-electron chi connectivity index (χ1n) is 6.91. The Hall–Kier alpha value is -2.11. The SMILES string of the molecule is CCCCCC(C)Nc1nc2cc([N+](=O)[O-])ccc2o1. The summed E-state index contributed by atoms with van der Waals surface area (Å²) in [5, 5.41) is 13.9. The maximum absolute atomic E-state index is 10.7. The number of nitro groups is 1. The molecule has 0 saturated carbocycles. The van der Waals surface area contributed by atoms with Crippen molar-refractivity contribution in [1.29, 1.82) is 0 Å². The minimum Gasteiger partial charge on any atom is -0.424 e. The Balaban J connectivity index is 2.05. The van der Waals surface area contributed by atoms with Crippen LogP contribution >= 0.6 is 0 Å². The van der Waals surface area contributed by atoms with Crippen molar-refractivity contribution in [3.8, 4) is 0 Å². The monoisotopic (exact) mass is 277 g/mol. The molecule has 0 fully saturated rings. The largest absolute Gasteiger partial charge is 0.424 e. The van der Waals surface area contributed by atoms with Crippen LogP contribution in [-0.2, 0) is 0 Å². The summed E-state index contributed by atoms with van der Waals surface area (Å²) in [5.41, 5.74) is 1.08. The van der Waals surface area contributed by atoms with Gasteiger partial charge in [-0.15, -0.1) is 0 Å². The molecule has 0 bridgehead atoms. The van der Waals surface area contributed by atoms with Gasteiger partial charge in [-0.3, -0.25) is 10.1 Å². The average molecular weight is 277 g/mol. The van der Waals surface area contributed by atoms with E-state index in [1.54, 1.807) is 6.07 Å². The van der Waals surface area contributed by atoms with Crippen LogP contribution in [0.1, 0.15) is 39.5 Å². The van der Waals surface area contributed by atoms with E-state index in [9.17, 15) is 10.1 Å². The number of unbranched alkanes of at least 4 members (excludes halogenated alkanes) is 2. The quantitative estimate of drug-likeness (QED) is 0.467. The van der Waals surface area contributed by atoms with Gasteiger partial charge in [-0.25, -0.2) is 0 Å². The minimum absolute atomic E-state index is 0.0216. The molecule has 0 saturated heterocycles. The maximum Gasteiger partial charge on any atom is 0.295 e. The lowest BCUT2D eigenvalue weighted by atomic mass is 10.1. The third-order valence-corrected chi connectivity index (χ3v) is 3.19. The normalized spacial score (nSPS) is 12.5. The molecule has 0 spiro atoms. The number of aromatic nitrogens is 1. The van der Waals surface area contributed by atoms with Gasteiger partial charge in [0.15, 0.2) is 5.58 Å². The van der Waals surface area contributed by atoms with Gasteiger partial charge < -0.3 is 9.73 Å². The summed E-state index contributed by atoms with van der Waals surface area (Å²) < 4.78 is 5.53. The van der Waals surface area contributed by atoms with E-state index in [0.717, 1.165) is 12.8 Å². The van der Waals surface area contributed by atoms with Crippen molar-refractivity contribution in [2.45, 2.75) is 45.6 Å². The second kappa shape index (κ2) is 6.36. The number of rotatable bonds is 7. The summed E-state index contributed by atoms with van der Waals surface area (Å²) in [7, 11) is 0. The summed E-state index contributed by atoms with van der Waals surface area (Å²) >= 11 is 0. The molecular formula is C14H19N3O3.